The molecule has 2 amide bonds. The maximum absolute atomic E-state index is 13.1. The number of fused-ring (bicyclic) bond motifs is 1. The highest BCUT2D eigenvalue weighted by molar-refractivity contribution is 7.88. The molecule has 0 saturated carbocycles. The lowest BCUT2D eigenvalue weighted by atomic mass is 10.1. The zero-order valence-electron chi connectivity index (χ0n) is 19.6. The molecule has 1 N–H and O–H groups in total. The number of amides is 2. The van der Waals surface area contributed by atoms with Gasteiger partial charge in [-0.2, -0.15) is 4.31 Å². The lowest BCUT2D eigenvalue weighted by Gasteiger charge is -2.20. The topological polar surface area (TPSA) is 96.0 Å². The third kappa shape index (κ3) is 5.87. The Balaban J connectivity index is 1.47. The van der Waals surface area contributed by atoms with Gasteiger partial charge in [-0.05, 0) is 53.9 Å². The first-order chi connectivity index (χ1) is 16.7. The molecule has 0 unspecified atom stereocenters. The standard InChI is InChI=1S/C26H27N3O5S/c1-34-23-12-9-21(10-13-23)26(31)29-15-14-20-8-11-22(16-24(20)29)27-25(30)18-28(35(2,32)33)17-19-6-4-3-5-7-19/h3-13,16H,14-15,17-18H2,1-2H3,(H,27,30). The predicted octanol–water partition coefficient (Wildman–Crippen LogP) is 3.30. The van der Waals surface area contributed by atoms with Crippen LogP contribution < -0.4 is 15.0 Å². The van der Waals surface area contributed by atoms with Gasteiger partial charge < -0.3 is 15.0 Å². The molecule has 0 atom stereocenters. The van der Waals surface area contributed by atoms with Crippen molar-refractivity contribution in [3.8, 4) is 5.75 Å². The molecular weight excluding hydrogens is 466 g/mol. The van der Waals surface area contributed by atoms with E-state index < -0.39 is 15.9 Å². The number of rotatable bonds is 8. The highest BCUT2D eigenvalue weighted by Gasteiger charge is 2.26. The van der Waals surface area contributed by atoms with E-state index in [4.69, 9.17) is 4.74 Å². The van der Waals surface area contributed by atoms with Crippen molar-refractivity contribution in [3.63, 3.8) is 0 Å². The number of hydrogen-bond donors (Lipinski definition) is 1. The van der Waals surface area contributed by atoms with Gasteiger partial charge in [0, 0.05) is 30.0 Å². The van der Waals surface area contributed by atoms with E-state index in [0.29, 0.717) is 30.0 Å². The summed E-state index contributed by atoms with van der Waals surface area (Å²) in [5.74, 6) is 0.0714. The van der Waals surface area contributed by atoms with Gasteiger partial charge >= 0.3 is 0 Å². The fourth-order valence-electron chi connectivity index (χ4n) is 4.00. The average Bonchev–Trinajstić information content (AvgIpc) is 3.26. The van der Waals surface area contributed by atoms with E-state index in [2.05, 4.69) is 5.32 Å². The second kappa shape index (κ2) is 10.3. The van der Waals surface area contributed by atoms with Gasteiger partial charge in [0.25, 0.3) is 5.91 Å². The number of anilines is 2. The van der Waals surface area contributed by atoms with Crippen molar-refractivity contribution in [3.05, 3.63) is 89.5 Å². The minimum atomic E-state index is -3.61. The molecule has 182 valence electrons. The van der Waals surface area contributed by atoms with E-state index >= 15 is 0 Å². The fraction of sp³-hybridized carbons (Fsp3) is 0.231. The number of sulfonamides is 1. The van der Waals surface area contributed by atoms with E-state index in [0.717, 1.165) is 27.4 Å². The quantitative estimate of drug-likeness (QED) is 0.520. The van der Waals surface area contributed by atoms with Crippen LogP contribution in [-0.2, 0) is 27.8 Å². The Kier molecular flexibility index (Phi) is 7.18. The Labute approximate surface area is 205 Å². The number of nitrogens with zero attached hydrogens (tertiary/aromatic N) is 2. The number of nitrogens with one attached hydrogen (secondary N) is 1. The molecule has 0 aromatic heterocycles. The highest BCUT2D eigenvalue weighted by Crippen LogP contribution is 2.32. The molecule has 4 rings (SSSR count). The Morgan fingerprint density at radius 2 is 1.74 bits per heavy atom. The summed E-state index contributed by atoms with van der Waals surface area (Å²) in [6, 6.07) is 21.4. The number of carbonyl (C=O) groups is 2. The number of ether oxygens (including phenoxy) is 1. The van der Waals surface area contributed by atoms with Gasteiger partial charge in [0.2, 0.25) is 15.9 Å². The van der Waals surface area contributed by atoms with E-state index in [1.54, 1.807) is 48.4 Å². The summed E-state index contributed by atoms with van der Waals surface area (Å²) in [6.45, 7) is 0.317. The van der Waals surface area contributed by atoms with Crippen LogP contribution in [0.5, 0.6) is 5.75 Å². The molecule has 3 aromatic rings. The van der Waals surface area contributed by atoms with Crippen LogP contribution in [0.2, 0.25) is 0 Å². The van der Waals surface area contributed by atoms with Crippen LogP contribution in [0.25, 0.3) is 0 Å². The SMILES string of the molecule is COc1ccc(C(=O)N2CCc3ccc(NC(=O)CN(Cc4ccccc4)S(C)(=O)=O)cc32)cc1. The van der Waals surface area contributed by atoms with Gasteiger partial charge in [0.05, 0.1) is 19.9 Å². The van der Waals surface area contributed by atoms with Gasteiger partial charge in [0.15, 0.2) is 0 Å². The molecule has 1 aliphatic heterocycles. The minimum Gasteiger partial charge on any atom is -0.497 e. The van der Waals surface area contributed by atoms with E-state index in [1.807, 2.05) is 36.4 Å². The molecule has 35 heavy (non-hydrogen) atoms. The molecule has 0 radical (unpaired) electrons. The summed E-state index contributed by atoms with van der Waals surface area (Å²) in [5, 5.41) is 2.77. The van der Waals surface area contributed by atoms with Crippen LogP contribution in [0.1, 0.15) is 21.5 Å². The third-order valence-corrected chi connectivity index (χ3v) is 7.03. The van der Waals surface area contributed by atoms with E-state index in [-0.39, 0.29) is 19.0 Å². The van der Waals surface area contributed by atoms with Crippen LogP contribution in [0, 0.1) is 0 Å². The molecular formula is C26H27N3O5S. The molecule has 0 aliphatic carbocycles. The molecule has 8 nitrogen and oxygen atoms in total. The maximum Gasteiger partial charge on any atom is 0.258 e. The van der Waals surface area contributed by atoms with E-state index in [1.165, 1.54) is 0 Å². The average molecular weight is 494 g/mol. The van der Waals surface area contributed by atoms with Crippen LogP contribution in [0.3, 0.4) is 0 Å². The van der Waals surface area contributed by atoms with Gasteiger partial charge in [-0.15, -0.1) is 0 Å². The van der Waals surface area contributed by atoms with Crippen LogP contribution in [0.4, 0.5) is 11.4 Å². The molecule has 1 heterocycles. The highest BCUT2D eigenvalue weighted by atomic mass is 32.2. The smallest absolute Gasteiger partial charge is 0.258 e. The van der Waals surface area contributed by atoms with Gasteiger partial charge in [-0.25, -0.2) is 8.42 Å². The number of hydrogen-bond acceptors (Lipinski definition) is 5. The predicted molar refractivity (Wildman–Crippen MR) is 135 cm³/mol. The van der Waals surface area contributed by atoms with Crippen molar-refractivity contribution in [2.45, 2.75) is 13.0 Å². The Bertz CT molecular complexity index is 1320. The first kappa shape index (κ1) is 24.4. The van der Waals surface area contributed by atoms with Crippen LogP contribution >= 0.6 is 0 Å². The van der Waals surface area contributed by atoms with Crippen molar-refractivity contribution in [2.75, 3.05) is 36.7 Å². The zero-order chi connectivity index (χ0) is 25.0. The van der Waals surface area contributed by atoms with Crippen molar-refractivity contribution in [2.24, 2.45) is 0 Å². The fourth-order valence-corrected chi connectivity index (χ4v) is 4.73. The first-order valence-electron chi connectivity index (χ1n) is 11.1. The van der Waals surface area contributed by atoms with Gasteiger partial charge in [0.1, 0.15) is 5.75 Å². The largest absolute Gasteiger partial charge is 0.497 e. The van der Waals surface area contributed by atoms with E-state index in [9.17, 15) is 18.0 Å². The van der Waals surface area contributed by atoms with Crippen molar-refractivity contribution < 1.29 is 22.7 Å². The third-order valence-electron chi connectivity index (χ3n) is 5.84. The number of methoxy groups -OCH3 is 1. The zero-order valence-corrected chi connectivity index (χ0v) is 20.4. The molecule has 3 aromatic carbocycles. The summed E-state index contributed by atoms with van der Waals surface area (Å²) >= 11 is 0. The normalized spacial score (nSPS) is 12.9. The van der Waals surface area contributed by atoms with Crippen molar-refractivity contribution >= 4 is 33.2 Å². The number of carbonyl (C=O) groups excluding carboxylic acids is 2. The molecule has 9 heteroatoms. The molecule has 0 fully saturated rings. The van der Waals surface area contributed by atoms with Crippen LogP contribution in [0.15, 0.2) is 72.8 Å². The molecule has 0 saturated heterocycles. The molecule has 0 spiro atoms. The Morgan fingerprint density at radius 1 is 1.03 bits per heavy atom. The monoisotopic (exact) mass is 493 g/mol. The summed E-state index contributed by atoms with van der Waals surface area (Å²) in [6.07, 6.45) is 1.80. The maximum atomic E-state index is 13.1. The lowest BCUT2D eigenvalue weighted by Crippen LogP contribution is -2.36. The minimum absolute atomic E-state index is 0.0986. The summed E-state index contributed by atoms with van der Waals surface area (Å²) < 4.78 is 30.8. The Morgan fingerprint density at radius 3 is 2.40 bits per heavy atom. The summed E-state index contributed by atoms with van der Waals surface area (Å²) in [7, 11) is -2.04. The van der Waals surface area contributed by atoms with Crippen molar-refractivity contribution in [1.82, 2.24) is 4.31 Å². The molecule has 1 aliphatic rings. The molecule has 0 bridgehead atoms. The summed E-state index contributed by atoms with van der Waals surface area (Å²) in [4.78, 5) is 27.5. The second-order valence-electron chi connectivity index (χ2n) is 8.34. The number of benzene rings is 3. The van der Waals surface area contributed by atoms with Crippen molar-refractivity contribution in [1.29, 1.82) is 0 Å². The lowest BCUT2D eigenvalue weighted by molar-refractivity contribution is -0.116. The first-order valence-corrected chi connectivity index (χ1v) is 13.0. The van der Waals surface area contributed by atoms with Crippen LogP contribution in [-0.4, -0.2) is 51.0 Å². The van der Waals surface area contributed by atoms with Gasteiger partial charge in [-0.1, -0.05) is 36.4 Å². The van der Waals surface area contributed by atoms with Gasteiger partial charge in [-0.3, -0.25) is 9.59 Å². The second-order valence-corrected chi connectivity index (χ2v) is 10.3. The Hall–Kier alpha value is -3.69. The summed E-state index contributed by atoms with van der Waals surface area (Å²) in [5.41, 5.74) is 3.56.